The maximum atomic E-state index is 5.66. The molecule has 4 rings (SSSR count). The molecular formula is C20H19NO2. The summed E-state index contributed by atoms with van der Waals surface area (Å²) in [7, 11) is 5.55. The van der Waals surface area contributed by atoms with Crippen LogP contribution in [0.4, 0.5) is 5.69 Å². The zero-order valence-corrected chi connectivity index (χ0v) is 13.6. The average molecular weight is 305 g/mol. The minimum atomic E-state index is 0.832. The number of fused-ring (bicyclic) bond motifs is 5. The highest BCUT2D eigenvalue weighted by molar-refractivity contribution is 6.04. The Balaban J connectivity index is 2.07. The van der Waals surface area contributed by atoms with E-state index in [4.69, 9.17) is 9.47 Å². The maximum absolute atomic E-state index is 5.66. The van der Waals surface area contributed by atoms with Gasteiger partial charge in [0.05, 0.1) is 19.9 Å². The third-order valence-electron chi connectivity index (χ3n) is 4.57. The van der Waals surface area contributed by atoms with Crippen LogP contribution < -0.4 is 14.4 Å². The van der Waals surface area contributed by atoms with E-state index in [1.807, 2.05) is 6.07 Å². The molecule has 0 amide bonds. The zero-order chi connectivity index (χ0) is 16.0. The first-order valence-corrected chi connectivity index (χ1v) is 7.71. The lowest BCUT2D eigenvalue weighted by molar-refractivity contribution is 0.394. The van der Waals surface area contributed by atoms with Crippen LogP contribution in [0.5, 0.6) is 11.5 Å². The minimum absolute atomic E-state index is 0.832. The van der Waals surface area contributed by atoms with Crippen molar-refractivity contribution < 1.29 is 9.47 Å². The summed E-state index contributed by atoms with van der Waals surface area (Å²) in [6, 6.07) is 17.0. The predicted molar refractivity (Wildman–Crippen MR) is 94.6 cm³/mol. The Labute approximate surface area is 136 Å². The first-order chi connectivity index (χ1) is 11.2. The quantitative estimate of drug-likeness (QED) is 0.697. The SMILES string of the molecule is COc1cc2c(c(OC)c1)-c1ccc3ccccc3c1N(C)C2. The van der Waals surface area contributed by atoms with Gasteiger partial charge in [-0.15, -0.1) is 0 Å². The van der Waals surface area contributed by atoms with E-state index >= 15 is 0 Å². The smallest absolute Gasteiger partial charge is 0.130 e. The van der Waals surface area contributed by atoms with E-state index in [1.54, 1.807) is 14.2 Å². The Hall–Kier alpha value is -2.68. The molecule has 1 aliphatic heterocycles. The molecule has 0 saturated heterocycles. The van der Waals surface area contributed by atoms with Crippen molar-refractivity contribution in [3.05, 3.63) is 54.1 Å². The van der Waals surface area contributed by atoms with E-state index in [9.17, 15) is 0 Å². The second-order valence-electron chi connectivity index (χ2n) is 5.90. The van der Waals surface area contributed by atoms with Crippen molar-refractivity contribution in [3.63, 3.8) is 0 Å². The second kappa shape index (κ2) is 5.20. The Morgan fingerprint density at radius 2 is 1.78 bits per heavy atom. The summed E-state index contributed by atoms with van der Waals surface area (Å²) >= 11 is 0. The monoisotopic (exact) mass is 305 g/mol. The number of rotatable bonds is 2. The summed E-state index contributed by atoms with van der Waals surface area (Å²) in [5, 5.41) is 2.53. The number of benzene rings is 3. The second-order valence-corrected chi connectivity index (χ2v) is 5.90. The van der Waals surface area contributed by atoms with Crippen LogP contribution in [0, 0.1) is 0 Å². The maximum Gasteiger partial charge on any atom is 0.130 e. The van der Waals surface area contributed by atoms with Gasteiger partial charge in [-0.2, -0.15) is 0 Å². The Morgan fingerprint density at radius 3 is 2.57 bits per heavy atom. The van der Waals surface area contributed by atoms with Gasteiger partial charge in [0.1, 0.15) is 11.5 Å². The minimum Gasteiger partial charge on any atom is -0.497 e. The predicted octanol–water partition coefficient (Wildman–Crippen LogP) is 4.47. The summed E-state index contributed by atoms with van der Waals surface area (Å²) in [5.74, 6) is 1.70. The van der Waals surface area contributed by atoms with Crippen molar-refractivity contribution >= 4 is 16.5 Å². The molecule has 0 saturated carbocycles. The lowest BCUT2D eigenvalue weighted by atomic mass is 9.90. The van der Waals surface area contributed by atoms with Gasteiger partial charge >= 0.3 is 0 Å². The first kappa shape index (κ1) is 13.9. The van der Waals surface area contributed by atoms with Gasteiger partial charge in [0.25, 0.3) is 0 Å². The van der Waals surface area contributed by atoms with Crippen molar-refractivity contribution in [1.29, 1.82) is 0 Å². The molecule has 0 N–H and O–H groups in total. The van der Waals surface area contributed by atoms with Crippen LogP contribution in [-0.2, 0) is 6.54 Å². The largest absolute Gasteiger partial charge is 0.497 e. The highest BCUT2D eigenvalue weighted by atomic mass is 16.5. The molecule has 3 nitrogen and oxygen atoms in total. The fourth-order valence-corrected chi connectivity index (χ4v) is 3.56. The number of anilines is 1. The van der Waals surface area contributed by atoms with Crippen LogP contribution in [0.2, 0.25) is 0 Å². The number of ether oxygens (including phenoxy) is 2. The standard InChI is InChI=1S/C20H19NO2/c1-21-12-14-10-15(22-2)11-18(23-3)19(14)17-9-8-13-6-4-5-7-16(13)20(17)21/h4-11H,12H2,1-3H3. The summed E-state index contributed by atoms with van der Waals surface area (Å²) in [6.07, 6.45) is 0. The average Bonchev–Trinajstić information content (AvgIpc) is 2.59. The van der Waals surface area contributed by atoms with E-state index in [1.165, 1.54) is 33.2 Å². The molecular weight excluding hydrogens is 286 g/mol. The van der Waals surface area contributed by atoms with Gasteiger partial charge in [-0.3, -0.25) is 0 Å². The van der Waals surface area contributed by atoms with Crippen molar-refractivity contribution in [2.24, 2.45) is 0 Å². The van der Waals surface area contributed by atoms with Crippen molar-refractivity contribution in [2.45, 2.75) is 6.54 Å². The van der Waals surface area contributed by atoms with E-state index in [2.05, 4.69) is 54.4 Å². The summed E-state index contributed by atoms with van der Waals surface area (Å²) in [4.78, 5) is 2.30. The Kier molecular flexibility index (Phi) is 3.15. The summed E-state index contributed by atoms with van der Waals surface area (Å²) < 4.78 is 11.1. The molecule has 0 bridgehead atoms. The highest BCUT2D eigenvalue weighted by Crippen LogP contribution is 2.47. The molecule has 0 spiro atoms. The molecule has 0 fully saturated rings. The van der Waals surface area contributed by atoms with Gasteiger partial charge in [-0.05, 0) is 17.0 Å². The molecule has 1 aliphatic rings. The van der Waals surface area contributed by atoms with Crippen LogP contribution in [-0.4, -0.2) is 21.3 Å². The van der Waals surface area contributed by atoms with E-state index < -0.39 is 0 Å². The van der Waals surface area contributed by atoms with Crippen LogP contribution in [0.25, 0.3) is 21.9 Å². The van der Waals surface area contributed by atoms with Crippen LogP contribution in [0.3, 0.4) is 0 Å². The molecule has 0 aliphatic carbocycles. The number of hydrogen-bond acceptors (Lipinski definition) is 3. The number of nitrogens with zero attached hydrogens (tertiary/aromatic N) is 1. The molecule has 3 heteroatoms. The molecule has 1 heterocycles. The molecule has 0 unspecified atom stereocenters. The van der Waals surface area contributed by atoms with Gasteiger partial charge in [0, 0.05) is 36.2 Å². The first-order valence-electron chi connectivity index (χ1n) is 7.71. The van der Waals surface area contributed by atoms with Crippen LogP contribution in [0.15, 0.2) is 48.5 Å². The van der Waals surface area contributed by atoms with Crippen LogP contribution >= 0.6 is 0 Å². The van der Waals surface area contributed by atoms with Gasteiger partial charge in [-0.25, -0.2) is 0 Å². The van der Waals surface area contributed by atoms with Crippen molar-refractivity contribution in [2.75, 3.05) is 26.2 Å². The fourth-order valence-electron chi connectivity index (χ4n) is 3.56. The molecule has 0 aromatic heterocycles. The van der Waals surface area contributed by atoms with E-state index in [-0.39, 0.29) is 0 Å². The van der Waals surface area contributed by atoms with Gasteiger partial charge in [0.2, 0.25) is 0 Å². The topological polar surface area (TPSA) is 21.7 Å². The fraction of sp³-hybridized carbons (Fsp3) is 0.200. The van der Waals surface area contributed by atoms with Gasteiger partial charge in [0.15, 0.2) is 0 Å². The Bertz CT molecular complexity index is 902. The van der Waals surface area contributed by atoms with Crippen molar-refractivity contribution in [1.82, 2.24) is 0 Å². The van der Waals surface area contributed by atoms with Gasteiger partial charge < -0.3 is 14.4 Å². The van der Waals surface area contributed by atoms with E-state index in [0.29, 0.717) is 0 Å². The van der Waals surface area contributed by atoms with Gasteiger partial charge in [-0.1, -0.05) is 36.4 Å². The summed E-state index contributed by atoms with van der Waals surface area (Å²) in [5.41, 5.74) is 4.88. The Morgan fingerprint density at radius 1 is 0.957 bits per heavy atom. The third-order valence-corrected chi connectivity index (χ3v) is 4.57. The normalized spacial score (nSPS) is 12.7. The van der Waals surface area contributed by atoms with Crippen LogP contribution in [0.1, 0.15) is 5.56 Å². The van der Waals surface area contributed by atoms with E-state index in [0.717, 1.165) is 18.0 Å². The molecule has 0 atom stereocenters. The molecule has 116 valence electrons. The number of hydrogen-bond donors (Lipinski definition) is 0. The molecule has 0 radical (unpaired) electrons. The highest BCUT2D eigenvalue weighted by Gasteiger charge is 2.25. The molecule has 23 heavy (non-hydrogen) atoms. The molecule has 3 aromatic carbocycles. The lowest BCUT2D eigenvalue weighted by Gasteiger charge is -2.32. The van der Waals surface area contributed by atoms with Crippen molar-refractivity contribution in [3.8, 4) is 22.6 Å². The number of methoxy groups -OCH3 is 2. The lowest BCUT2D eigenvalue weighted by Crippen LogP contribution is -2.22. The zero-order valence-electron chi connectivity index (χ0n) is 13.6. The molecule has 3 aromatic rings. The summed E-state index contributed by atoms with van der Waals surface area (Å²) in [6.45, 7) is 0.837. The third kappa shape index (κ3) is 2.04.